The van der Waals surface area contributed by atoms with Crippen LogP contribution in [0.5, 0.6) is 0 Å². The van der Waals surface area contributed by atoms with Crippen molar-refractivity contribution in [3.8, 4) is 11.5 Å². The van der Waals surface area contributed by atoms with Crippen molar-refractivity contribution >= 4 is 33.6 Å². The fraction of sp³-hybridized carbons (Fsp3) is 0.172. The Labute approximate surface area is 227 Å². The lowest BCUT2D eigenvalue weighted by molar-refractivity contribution is -0.127. The summed E-state index contributed by atoms with van der Waals surface area (Å²) >= 11 is 0. The number of para-hydroxylation sites is 3. The van der Waals surface area contributed by atoms with Crippen LogP contribution in [0.4, 0.5) is 4.39 Å². The van der Waals surface area contributed by atoms with E-state index in [4.69, 9.17) is 4.98 Å². The molecule has 0 radical (unpaired) electrons. The maximum atomic E-state index is 14.9. The van der Waals surface area contributed by atoms with Gasteiger partial charge < -0.3 is 9.88 Å². The summed E-state index contributed by atoms with van der Waals surface area (Å²) in [5.74, 6) is -0.797. The molecule has 1 aliphatic rings. The highest BCUT2D eigenvalue weighted by Crippen LogP contribution is 2.33. The molecule has 4 aromatic heterocycles. The third-order valence-electron chi connectivity index (χ3n) is 7.47. The van der Waals surface area contributed by atoms with Crippen molar-refractivity contribution in [2.75, 3.05) is 13.1 Å². The van der Waals surface area contributed by atoms with Gasteiger partial charge in [-0.05, 0) is 37.1 Å². The smallest absolute Gasteiger partial charge is 0.295 e. The third kappa shape index (κ3) is 3.85. The summed E-state index contributed by atoms with van der Waals surface area (Å²) < 4.78 is 18.4. The minimum absolute atomic E-state index is 0.00492. The van der Waals surface area contributed by atoms with Gasteiger partial charge in [0.1, 0.15) is 5.82 Å². The number of pyridine rings is 1. The second kappa shape index (κ2) is 9.53. The number of fused-ring (bicyclic) bond motifs is 2. The highest BCUT2D eigenvalue weighted by atomic mass is 19.1. The first kappa shape index (κ1) is 23.9. The molecule has 1 aliphatic heterocycles. The molecule has 40 heavy (non-hydrogen) atoms. The summed E-state index contributed by atoms with van der Waals surface area (Å²) in [6.45, 7) is 0.785. The van der Waals surface area contributed by atoms with Gasteiger partial charge in [-0.1, -0.05) is 35.5 Å². The molecule has 1 amide bonds. The number of benzene rings is 2. The first-order chi connectivity index (χ1) is 19.6. The van der Waals surface area contributed by atoms with E-state index >= 15 is 0 Å². The molecule has 1 fully saturated rings. The second-order valence-corrected chi connectivity index (χ2v) is 9.75. The predicted octanol–water partition coefficient (Wildman–Crippen LogP) is 4.21. The fourth-order valence-electron chi connectivity index (χ4n) is 5.54. The number of nitrogens with one attached hydrogen (secondary N) is 1. The van der Waals surface area contributed by atoms with Gasteiger partial charge in [0.25, 0.3) is 11.7 Å². The molecule has 0 unspecified atom stereocenters. The van der Waals surface area contributed by atoms with Crippen LogP contribution < -0.4 is 0 Å². The van der Waals surface area contributed by atoms with E-state index in [1.165, 1.54) is 17.1 Å². The Morgan fingerprint density at radius 1 is 1.00 bits per heavy atom. The average Bonchev–Trinajstić information content (AvgIpc) is 3.76. The van der Waals surface area contributed by atoms with Gasteiger partial charge in [0, 0.05) is 30.9 Å². The molecular formula is C29H23FN8O2. The van der Waals surface area contributed by atoms with Gasteiger partial charge in [-0.25, -0.2) is 19.0 Å². The molecule has 2 aromatic carbocycles. The number of carbonyl (C=O) groups excluding carboxylic acids is 2. The van der Waals surface area contributed by atoms with Crippen LogP contribution in [0.25, 0.3) is 33.4 Å². The zero-order chi connectivity index (χ0) is 27.2. The highest BCUT2D eigenvalue weighted by Gasteiger charge is 2.32. The van der Waals surface area contributed by atoms with Crippen LogP contribution in [0.1, 0.15) is 34.9 Å². The maximum Gasteiger partial charge on any atom is 0.295 e. The first-order valence-electron chi connectivity index (χ1n) is 13.0. The zero-order valence-corrected chi connectivity index (χ0v) is 21.2. The normalized spacial score (nSPS) is 14.3. The summed E-state index contributed by atoms with van der Waals surface area (Å²) in [5.41, 5.74) is 3.20. The summed E-state index contributed by atoms with van der Waals surface area (Å²) in [5, 5.41) is 7.65. The number of piperidine rings is 1. The highest BCUT2D eigenvalue weighted by molar-refractivity contribution is 6.45. The molecule has 0 aliphatic carbocycles. The lowest BCUT2D eigenvalue weighted by atomic mass is 9.95. The van der Waals surface area contributed by atoms with E-state index in [-0.39, 0.29) is 28.2 Å². The van der Waals surface area contributed by atoms with Crippen molar-refractivity contribution < 1.29 is 14.0 Å². The summed E-state index contributed by atoms with van der Waals surface area (Å²) in [6, 6.07) is 18.1. The number of hydrogen-bond donors (Lipinski definition) is 1. The van der Waals surface area contributed by atoms with Gasteiger partial charge >= 0.3 is 0 Å². The molecule has 5 heterocycles. The number of hydrogen-bond acceptors (Lipinski definition) is 6. The molecule has 1 saturated heterocycles. The van der Waals surface area contributed by atoms with E-state index < -0.39 is 17.5 Å². The fourth-order valence-corrected chi connectivity index (χ4v) is 5.54. The Bertz CT molecular complexity index is 1870. The van der Waals surface area contributed by atoms with Crippen molar-refractivity contribution in [3.05, 3.63) is 96.6 Å². The van der Waals surface area contributed by atoms with Crippen LogP contribution in [0.2, 0.25) is 0 Å². The van der Waals surface area contributed by atoms with Gasteiger partial charge in [0.2, 0.25) is 0 Å². The molecule has 7 rings (SSSR count). The van der Waals surface area contributed by atoms with Gasteiger partial charge in [0.05, 0.1) is 46.1 Å². The molecule has 11 heteroatoms. The van der Waals surface area contributed by atoms with Crippen LogP contribution in [0.15, 0.2) is 79.4 Å². The minimum Gasteiger partial charge on any atom is -0.357 e. The maximum absolute atomic E-state index is 14.9. The third-order valence-corrected chi connectivity index (χ3v) is 7.47. The number of rotatable bonds is 5. The average molecular weight is 535 g/mol. The Balaban J connectivity index is 1.14. The topological polar surface area (TPSA) is 115 Å². The standard InChI is InChI=1S/C29H23FN8O2/c30-21-17-32-28(37-15-12-33-35-37)25-24(21)20(16-31-25)26(39)29(40)36-13-10-18(11-14-36)27-34-22-8-4-5-9-23(22)38(27)19-6-2-1-3-7-19/h1-9,12,15-18,31H,10-11,13-14H2. The number of amides is 1. The summed E-state index contributed by atoms with van der Waals surface area (Å²) in [6.07, 6.45) is 6.69. The Kier molecular flexibility index (Phi) is 5.69. The molecule has 198 valence electrons. The van der Waals surface area contributed by atoms with Gasteiger partial charge in [-0.3, -0.25) is 14.2 Å². The van der Waals surface area contributed by atoms with Crippen molar-refractivity contribution in [3.63, 3.8) is 0 Å². The molecule has 0 atom stereocenters. The van der Waals surface area contributed by atoms with E-state index in [9.17, 15) is 14.0 Å². The number of likely N-dealkylation sites (tertiary alicyclic amines) is 1. The Morgan fingerprint density at radius 2 is 1.77 bits per heavy atom. The summed E-state index contributed by atoms with van der Waals surface area (Å²) in [4.78, 5) is 40.1. The quantitative estimate of drug-likeness (QED) is 0.262. The number of carbonyl (C=O) groups is 2. The largest absolute Gasteiger partial charge is 0.357 e. The van der Waals surface area contributed by atoms with Crippen LogP contribution in [-0.2, 0) is 4.79 Å². The SMILES string of the molecule is O=C(C(=O)N1CCC(c2nc3ccccc3n2-c2ccccc2)CC1)c1c[nH]c2c(-n3ccnn3)ncc(F)c12. The first-order valence-corrected chi connectivity index (χ1v) is 13.0. The van der Waals surface area contributed by atoms with Gasteiger partial charge in [0.15, 0.2) is 11.6 Å². The lowest BCUT2D eigenvalue weighted by Gasteiger charge is -2.31. The molecule has 1 N–H and O–H groups in total. The predicted molar refractivity (Wildman–Crippen MR) is 145 cm³/mol. The molecule has 6 aromatic rings. The monoisotopic (exact) mass is 534 g/mol. The summed E-state index contributed by atoms with van der Waals surface area (Å²) in [7, 11) is 0. The van der Waals surface area contributed by atoms with Gasteiger partial charge in [-0.2, -0.15) is 0 Å². The number of aromatic amines is 1. The number of Topliss-reactive ketones (excluding diaryl/α,β-unsaturated/α-hetero) is 1. The second-order valence-electron chi connectivity index (χ2n) is 9.75. The number of halogens is 1. The molecule has 0 bridgehead atoms. The Morgan fingerprint density at radius 3 is 2.55 bits per heavy atom. The molecule has 0 spiro atoms. The number of imidazole rings is 1. The van der Waals surface area contributed by atoms with Crippen LogP contribution >= 0.6 is 0 Å². The number of ketones is 1. The zero-order valence-electron chi connectivity index (χ0n) is 21.2. The van der Waals surface area contributed by atoms with E-state index in [1.807, 2.05) is 36.4 Å². The van der Waals surface area contributed by atoms with E-state index in [0.29, 0.717) is 25.9 Å². The lowest BCUT2D eigenvalue weighted by Crippen LogP contribution is -2.42. The van der Waals surface area contributed by atoms with Crippen molar-refractivity contribution in [2.24, 2.45) is 0 Å². The van der Waals surface area contributed by atoms with E-state index in [2.05, 4.69) is 43.0 Å². The van der Waals surface area contributed by atoms with Gasteiger partial charge in [-0.15, -0.1) is 5.10 Å². The molecule has 0 saturated carbocycles. The van der Waals surface area contributed by atoms with Crippen LogP contribution in [0, 0.1) is 5.82 Å². The number of nitrogens with zero attached hydrogens (tertiary/aromatic N) is 7. The molecular weight excluding hydrogens is 511 g/mol. The van der Waals surface area contributed by atoms with Crippen molar-refractivity contribution in [2.45, 2.75) is 18.8 Å². The minimum atomic E-state index is -0.768. The number of aromatic nitrogens is 7. The van der Waals surface area contributed by atoms with Crippen LogP contribution in [0.3, 0.4) is 0 Å². The number of H-pyrrole nitrogens is 1. The van der Waals surface area contributed by atoms with Crippen molar-refractivity contribution in [1.29, 1.82) is 0 Å². The van der Waals surface area contributed by atoms with Crippen LogP contribution in [-0.4, -0.2) is 64.2 Å². The van der Waals surface area contributed by atoms with Crippen molar-refractivity contribution in [1.82, 2.24) is 39.4 Å². The van der Waals surface area contributed by atoms with E-state index in [1.54, 1.807) is 11.1 Å². The van der Waals surface area contributed by atoms with E-state index in [0.717, 1.165) is 28.7 Å². The molecule has 10 nitrogen and oxygen atoms in total. The Hall–Kier alpha value is -5.19.